The van der Waals surface area contributed by atoms with E-state index in [1.54, 1.807) is 24.3 Å². The Kier molecular flexibility index (Phi) is 3.04. The second-order valence-electron chi connectivity index (χ2n) is 4.56. The first-order valence-electron chi connectivity index (χ1n) is 6.14. The molecule has 7 heteroatoms. The molecule has 0 atom stereocenters. The third-order valence-electron chi connectivity index (χ3n) is 3.23. The van der Waals surface area contributed by atoms with Crippen LogP contribution < -0.4 is 5.69 Å². The molecule has 3 aromatic rings. The number of para-hydroxylation sites is 2. The summed E-state index contributed by atoms with van der Waals surface area (Å²) in [4.78, 5) is 18.0. The van der Waals surface area contributed by atoms with Crippen molar-refractivity contribution in [2.45, 2.75) is 12.7 Å². The molecular formula is C14H10F3N3O. The van der Waals surface area contributed by atoms with Crippen molar-refractivity contribution < 1.29 is 13.2 Å². The van der Waals surface area contributed by atoms with E-state index in [1.807, 2.05) is 0 Å². The van der Waals surface area contributed by atoms with Gasteiger partial charge in [-0.25, -0.2) is 4.79 Å². The fraction of sp³-hybridized carbons (Fsp3) is 0.143. The van der Waals surface area contributed by atoms with Gasteiger partial charge in [0, 0.05) is 12.4 Å². The number of aromatic nitrogens is 3. The summed E-state index contributed by atoms with van der Waals surface area (Å²) >= 11 is 0. The highest BCUT2D eigenvalue weighted by molar-refractivity contribution is 5.75. The van der Waals surface area contributed by atoms with Gasteiger partial charge in [-0.2, -0.15) is 13.2 Å². The summed E-state index contributed by atoms with van der Waals surface area (Å²) in [7, 11) is 0. The highest BCUT2D eigenvalue weighted by Gasteiger charge is 2.33. The Bertz CT molecular complexity index is 848. The minimum atomic E-state index is -4.50. The molecule has 0 aliphatic heterocycles. The number of hydrogen-bond donors (Lipinski definition) is 1. The summed E-state index contributed by atoms with van der Waals surface area (Å²) in [5.41, 5.74) is -0.120. The van der Waals surface area contributed by atoms with Crippen molar-refractivity contribution in [3.8, 4) is 0 Å². The summed E-state index contributed by atoms with van der Waals surface area (Å²) in [6, 6.07) is 8.13. The lowest BCUT2D eigenvalue weighted by molar-refractivity contribution is -0.138. The van der Waals surface area contributed by atoms with E-state index in [9.17, 15) is 18.0 Å². The van der Waals surface area contributed by atoms with Gasteiger partial charge in [-0.05, 0) is 23.8 Å². The van der Waals surface area contributed by atoms with Gasteiger partial charge in [0.05, 0.1) is 23.1 Å². The van der Waals surface area contributed by atoms with E-state index in [4.69, 9.17) is 0 Å². The van der Waals surface area contributed by atoms with E-state index < -0.39 is 17.4 Å². The van der Waals surface area contributed by atoms with Gasteiger partial charge in [0.15, 0.2) is 0 Å². The quantitative estimate of drug-likeness (QED) is 0.790. The first-order chi connectivity index (χ1) is 9.97. The number of aromatic amines is 1. The average molecular weight is 293 g/mol. The first-order valence-corrected chi connectivity index (χ1v) is 6.14. The first kappa shape index (κ1) is 13.4. The lowest BCUT2D eigenvalue weighted by Gasteiger charge is -2.12. The van der Waals surface area contributed by atoms with E-state index in [1.165, 1.54) is 16.8 Å². The number of halogens is 3. The number of imidazole rings is 1. The van der Waals surface area contributed by atoms with Crippen LogP contribution in [0.4, 0.5) is 13.2 Å². The van der Waals surface area contributed by atoms with Gasteiger partial charge >= 0.3 is 11.9 Å². The van der Waals surface area contributed by atoms with Crippen molar-refractivity contribution >= 4 is 11.0 Å². The zero-order valence-electron chi connectivity index (χ0n) is 10.7. The molecule has 0 fully saturated rings. The number of benzene rings is 1. The molecule has 0 saturated heterocycles. The van der Waals surface area contributed by atoms with Crippen molar-refractivity contribution in [3.63, 3.8) is 0 Å². The zero-order chi connectivity index (χ0) is 15.0. The van der Waals surface area contributed by atoms with Crippen molar-refractivity contribution in [3.05, 3.63) is 64.3 Å². The number of hydrogen-bond acceptors (Lipinski definition) is 2. The van der Waals surface area contributed by atoms with Crippen LogP contribution >= 0.6 is 0 Å². The number of rotatable bonds is 2. The summed E-state index contributed by atoms with van der Waals surface area (Å²) in [5, 5.41) is 0. The minimum absolute atomic E-state index is 0.00403. The number of H-pyrrole nitrogens is 1. The number of nitrogens with one attached hydrogen (secondary N) is 1. The topological polar surface area (TPSA) is 50.7 Å². The summed E-state index contributed by atoms with van der Waals surface area (Å²) < 4.78 is 40.1. The van der Waals surface area contributed by atoms with Gasteiger partial charge in [0.1, 0.15) is 0 Å². The van der Waals surface area contributed by atoms with Crippen molar-refractivity contribution in [2.75, 3.05) is 0 Å². The SMILES string of the molecule is O=c1[nH]c2ccccc2n1Cc1ccncc1C(F)(F)F. The Morgan fingerprint density at radius 3 is 2.71 bits per heavy atom. The molecular weight excluding hydrogens is 283 g/mol. The van der Waals surface area contributed by atoms with E-state index in [-0.39, 0.29) is 12.1 Å². The maximum Gasteiger partial charge on any atom is 0.418 e. The molecule has 0 unspecified atom stereocenters. The van der Waals surface area contributed by atoms with Crippen LogP contribution in [0.15, 0.2) is 47.5 Å². The molecule has 0 aliphatic carbocycles. The molecule has 108 valence electrons. The average Bonchev–Trinajstić information content (AvgIpc) is 2.75. The van der Waals surface area contributed by atoms with Crippen LogP contribution in [0.3, 0.4) is 0 Å². The lowest BCUT2D eigenvalue weighted by atomic mass is 10.1. The predicted molar refractivity (Wildman–Crippen MR) is 70.9 cm³/mol. The van der Waals surface area contributed by atoms with Gasteiger partial charge in [-0.1, -0.05) is 12.1 Å². The fourth-order valence-electron chi connectivity index (χ4n) is 2.25. The number of alkyl halides is 3. The normalized spacial score (nSPS) is 12.0. The highest BCUT2D eigenvalue weighted by atomic mass is 19.4. The maximum absolute atomic E-state index is 13.0. The van der Waals surface area contributed by atoms with Crippen LogP contribution in [0.25, 0.3) is 11.0 Å². The summed E-state index contributed by atoms with van der Waals surface area (Å²) in [6.07, 6.45) is -2.45. The van der Waals surface area contributed by atoms with Crippen LogP contribution in [0, 0.1) is 0 Å². The standard InChI is InChI=1S/C14H10F3N3O/c15-14(16,17)10-7-18-6-5-9(10)8-20-12-4-2-1-3-11(12)19-13(20)21/h1-7H,8H2,(H,19,21). The molecule has 0 spiro atoms. The van der Waals surface area contributed by atoms with Crippen LogP contribution in [-0.4, -0.2) is 14.5 Å². The number of fused-ring (bicyclic) bond motifs is 1. The smallest absolute Gasteiger partial charge is 0.306 e. The number of nitrogens with zero attached hydrogens (tertiary/aromatic N) is 2. The molecule has 0 saturated carbocycles. The van der Waals surface area contributed by atoms with Gasteiger partial charge < -0.3 is 4.98 Å². The maximum atomic E-state index is 13.0. The van der Waals surface area contributed by atoms with Crippen molar-refractivity contribution in [1.29, 1.82) is 0 Å². The van der Waals surface area contributed by atoms with Crippen LogP contribution in [0.1, 0.15) is 11.1 Å². The Hall–Kier alpha value is -2.57. The lowest BCUT2D eigenvalue weighted by Crippen LogP contribution is -2.20. The van der Waals surface area contributed by atoms with Crippen LogP contribution in [0.2, 0.25) is 0 Å². The van der Waals surface area contributed by atoms with Gasteiger partial charge in [0.2, 0.25) is 0 Å². The Labute approximate surface area is 116 Å². The van der Waals surface area contributed by atoms with Gasteiger partial charge in [-0.3, -0.25) is 9.55 Å². The summed E-state index contributed by atoms with van der Waals surface area (Å²) in [5.74, 6) is 0. The fourth-order valence-corrected chi connectivity index (χ4v) is 2.25. The molecule has 21 heavy (non-hydrogen) atoms. The monoisotopic (exact) mass is 293 g/mol. The molecule has 0 radical (unpaired) electrons. The van der Waals surface area contributed by atoms with E-state index in [2.05, 4.69) is 9.97 Å². The molecule has 0 aliphatic rings. The Morgan fingerprint density at radius 1 is 1.19 bits per heavy atom. The van der Waals surface area contributed by atoms with Gasteiger partial charge in [-0.15, -0.1) is 0 Å². The molecule has 1 aromatic carbocycles. The van der Waals surface area contributed by atoms with Crippen molar-refractivity contribution in [1.82, 2.24) is 14.5 Å². The molecule has 3 rings (SSSR count). The van der Waals surface area contributed by atoms with Crippen LogP contribution in [0.5, 0.6) is 0 Å². The van der Waals surface area contributed by atoms with Gasteiger partial charge in [0.25, 0.3) is 0 Å². The second-order valence-corrected chi connectivity index (χ2v) is 4.56. The molecule has 0 bridgehead atoms. The molecule has 2 heterocycles. The molecule has 0 amide bonds. The predicted octanol–water partition coefficient (Wildman–Crippen LogP) is 2.79. The van der Waals surface area contributed by atoms with Crippen LogP contribution in [-0.2, 0) is 12.7 Å². The Morgan fingerprint density at radius 2 is 1.95 bits per heavy atom. The molecule has 2 aromatic heterocycles. The summed E-state index contributed by atoms with van der Waals surface area (Å²) in [6.45, 7) is -0.166. The zero-order valence-corrected chi connectivity index (χ0v) is 10.7. The van der Waals surface area contributed by atoms with E-state index in [0.717, 1.165) is 6.20 Å². The van der Waals surface area contributed by atoms with E-state index in [0.29, 0.717) is 11.0 Å². The largest absolute Gasteiger partial charge is 0.418 e. The number of pyridine rings is 1. The minimum Gasteiger partial charge on any atom is -0.306 e. The second kappa shape index (κ2) is 4.76. The van der Waals surface area contributed by atoms with E-state index >= 15 is 0 Å². The molecule has 4 nitrogen and oxygen atoms in total. The highest BCUT2D eigenvalue weighted by Crippen LogP contribution is 2.31. The molecule has 1 N–H and O–H groups in total. The third-order valence-corrected chi connectivity index (χ3v) is 3.23. The third kappa shape index (κ3) is 2.42. The van der Waals surface area contributed by atoms with Crippen molar-refractivity contribution in [2.24, 2.45) is 0 Å². The Balaban J connectivity index is 2.12.